The number of guanidine groups is 1. The molecule has 1 aromatic rings. The van der Waals surface area contributed by atoms with Gasteiger partial charge in [0.15, 0.2) is 5.96 Å². The molecule has 0 saturated carbocycles. The zero-order valence-electron chi connectivity index (χ0n) is 13.9. The lowest BCUT2D eigenvalue weighted by Gasteiger charge is -2.21. The molecule has 0 aromatic heterocycles. The van der Waals surface area contributed by atoms with E-state index in [1.807, 2.05) is 13.0 Å². The lowest BCUT2D eigenvalue weighted by Crippen LogP contribution is -2.44. The zero-order chi connectivity index (χ0) is 15.7. The van der Waals surface area contributed by atoms with Crippen LogP contribution in [0.3, 0.4) is 0 Å². The second-order valence-electron chi connectivity index (χ2n) is 5.93. The summed E-state index contributed by atoms with van der Waals surface area (Å²) in [7, 11) is 0. The van der Waals surface area contributed by atoms with E-state index in [-0.39, 0.29) is 35.3 Å². The third-order valence-corrected chi connectivity index (χ3v) is 2.73. The standard InChI is InChI=1S/C16H27FN4.HI/c1-5-18-15(19-9-10-21-16(2,3)4)20-12-13-7-6-8-14(17)11-13;/h6-8,11,21H,5,9-10,12H2,1-4H3,(H2,18,19,20);1H. The number of halogens is 2. The van der Waals surface area contributed by atoms with Gasteiger partial charge in [-0.2, -0.15) is 0 Å². The Balaban J connectivity index is 0.00000441. The van der Waals surface area contributed by atoms with E-state index in [2.05, 4.69) is 41.7 Å². The molecule has 0 aliphatic carbocycles. The van der Waals surface area contributed by atoms with E-state index in [0.717, 1.165) is 31.2 Å². The van der Waals surface area contributed by atoms with Crippen LogP contribution in [0.4, 0.5) is 4.39 Å². The monoisotopic (exact) mass is 422 g/mol. The van der Waals surface area contributed by atoms with E-state index in [0.29, 0.717) is 6.54 Å². The Labute approximate surface area is 150 Å². The highest BCUT2D eigenvalue weighted by Gasteiger charge is 2.07. The van der Waals surface area contributed by atoms with Crippen LogP contribution in [-0.4, -0.2) is 31.1 Å². The fraction of sp³-hybridized carbons (Fsp3) is 0.562. The SMILES string of the molecule is CCNC(=NCc1cccc(F)c1)NCCNC(C)(C)C.I. The van der Waals surface area contributed by atoms with E-state index in [1.54, 1.807) is 6.07 Å². The number of rotatable bonds is 6. The zero-order valence-corrected chi connectivity index (χ0v) is 16.2. The summed E-state index contributed by atoms with van der Waals surface area (Å²) in [5.41, 5.74) is 0.971. The summed E-state index contributed by atoms with van der Waals surface area (Å²) in [6, 6.07) is 6.52. The van der Waals surface area contributed by atoms with Gasteiger partial charge in [0, 0.05) is 25.2 Å². The van der Waals surface area contributed by atoms with Crippen molar-refractivity contribution >= 4 is 29.9 Å². The molecule has 0 saturated heterocycles. The molecule has 0 atom stereocenters. The highest BCUT2D eigenvalue weighted by Crippen LogP contribution is 2.04. The molecule has 4 nitrogen and oxygen atoms in total. The molecule has 0 spiro atoms. The first-order chi connectivity index (χ1) is 9.90. The summed E-state index contributed by atoms with van der Waals surface area (Å²) in [5.74, 6) is 0.521. The molecule has 3 N–H and O–H groups in total. The van der Waals surface area contributed by atoms with Crippen molar-refractivity contribution < 1.29 is 4.39 Å². The van der Waals surface area contributed by atoms with Crippen molar-refractivity contribution in [2.75, 3.05) is 19.6 Å². The first-order valence-corrected chi connectivity index (χ1v) is 7.42. The summed E-state index contributed by atoms with van der Waals surface area (Å²) < 4.78 is 13.1. The Morgan fingerprint density at radius 1 is 1.18 bits per heavy atom. The lowest BCUT2D eigenvalue weighted by atomic mass is 10.1. The molecule has 6 heteroatoms. The summed E-state index contributed by atoms with van der Waals surface area (Å²) in [6.45, 7) is 11.3. The second-order valence-corrected chi connectivity index (χ2v) is 5.93. The van der Waals surface area contributed by atoms with Crippen molar-refractivity contribution in [3.63, 3.8) is 0 Å². The van der Waals surface area contributed by atoms with Crippen molar-refractivity contribution in [3.05, 3.63) is 35.6 Å². The topological polar surface area (TPSA) is 48.5 Å². The molecule has 1 aromatic carbocycles. The molecule has 0 radical (unpaired) electrons. The lowest BCUT2D eigenvalue weighted by molar-refractivity contribution is 0.428. The van der Waals surface area contributed by atoms with Crippen molar-refractivity contribution in [2.24, 2.45) is 4.99 Å². The highest BCUT2D eigenvalue weighted by molar-refractivity contribution is 14.0. The number of nitrogens with one attached hydrogen (secondary N) is 3. The molecule has 22 heavy (non-hydrogen) atoms. The largest absolute Gasteiger partial charge is 0.357 e. The Morgan fingerprint density at radius 2 is 1.91 bits per heavy atom. The smallest absolute Gasteiger partial charge is 0.191 e. The second kappa shape index (κ2) is 10.8. The van der Waals surface area contributed by atoms with Crippen LogP contribution in [0.15, 0.2) is 29.3 Å². The molecule has 0 heterocycles. The summed E-state index contributed by atoms with van der Waals surface area (Å²) in [4.78, 5) is 4.46. The normalized spacial score (nSPS) is 11.8. The van der Waals surface area contributed by atoms with Gasteiger partial charge in [0.1, 0.15) is 5.82 Å². The Bertz CT molecular complexity index is 458. The van der Waals surface area contributed by atoms with E-state index >= 15 is 0 Å². The average Bonchev–Trinajstić information content (AvgIpc) is 2.39. The Kier molecular flexibility index (Phi) is 10.3. The summed E-state index contributed by atoms with van der Waals surface area (Å²) in [6.07, 6.45) is 0. The van der Waals surface area contributed by atoms with Gasteiger partial charge >= 0.3 is 0 Å². The van der Waals surface area contributed by atoms with Crippen molar-refractivity contribution in [1.82, 2.24) is 16.0 Å². The van der Waals surface area contributed by atoms with E-state index in [1.165, 1.54) is 12.1 Å². The van der Waals surface area contributed by atoms with Gasteiger partial charge in [-0.1, -0.05) is 12.1 Å². The van der Waals surface area contributed by atoms with Gasteiger partial charge in [-0.3, -0.25) is 0 Å². The maximum absolute atomic E-state index is 13.1. The third kappa shape index (κ3) is 9.94. The van der Waals surface area contributed by atoms with Crippen LogP contribution in [0.5, 0.6) is 0 Å². The van der Waals surface area contributed by atoms with Gasteiger partial charge in [0.2, 0.25) is 0 Å². The molecule has 0 aliphatic heterocycles. The minimum Gasteiger partial charge on any atom is -0.357 e. The van der Waals surface area contributed by atoms with Gasteiger partial charge in [-0.15, -0.1) is 24.0 Å². The Morgan fingerprint density at radius 3 is 2.50 bits per heavy atom. The third-order valence-electron chi connectivity index (χ3n) is 2.73. The number of aliphatic imine (C=N–C) groups is 1. The fourth-order valence-corrected chi connectivity index (χ4v) is 1.77. The molecular formula is C16H28FIN4. The van der Waals surface area contributed by atoms with Crippen LogP contribution in [0.2, 0.25) is 0 Å². The number of hydrogen-bond acceptors (Lipinski definition) is 2. The van der Waals surface area contributed by atoms with Crippen molar-refractivity contribution in [1.29, 1.82) is 0 Å². The first-order valence-electron chi connectivity index (χ1n) is 7.42. The number of hydrogen-bond donors (Lipinski definition) is 3. The van der Waals surface area contributed by atoms with Gasteiger partial charge < -0.3 is 16.0 Å². The molecular weight excluding hydrogens is 394 g/mol. The van der Waals surface area contributed by atoms with Crippen LogP contribution in [0.25, 0.3) is 0 Å². The predicted molar refractivity (Wildman–Crippen MR) is 102 cm³/mol. The van der Waals surface area contributed by atoms with Crippen molar-refractivity contribution in [3.8, 4) is 0 Å². The van der Waals surface area contributed by atoms with Gasteiger partial charge in [0.25, 0.3) is 0 Å². The summed E-state index contributed by atoms with van der Waals surface area (Å²) >= 11 is 0. The summed E-state index contributed by atoms with van der Waals surface area (Å²) in [5, 5.41) is 9.85. The van der Waals surface area contributed by atoms with Gasteiger partial charge in [0.05, 0.1) is 6.54 Å². The maximum Gasteiger partial charge on any atom is 0.191 e. The van der Waals surface area contributed by atoms with Crippen LogP contribution in [-0.2, 0) is 6.54 Å². The molecule has 0 bridgehead atoms. The van der Waals surface area contributed by atoms with Crippen LogP contribution in [0, 0.1) is 5.82 Å². The molecule has 126 valence electrons. The van der Waals surface area contributed by atoms with Crippen LogP contribution in [0.1, 0.15) is 33.3 Å². The molecule has 0 amide bonds. The van der Waals surface area contributed by atoms with Crippen LogP contribution >= 0.6 is 24.0 Å². The number of benzene rings is 1. The quantitative estimate of drug-likeness (QED) is 0.286. The minimum absolute atomic E-state index is 0. The Hall–Kier alpha value is -0.890. The predicted octanol–water partition coefficient (Wildman–Crippen LogP) is 2.89. The minimum atomic E-state index is -0.227. The van der Waals surface area contributed by atoms with E-state index in [4.69, 9.17) is 0 Å². The molecule has 1 rings (SSSR count). The van der Waals surface area contributed by atoms with Crippen LogP contribution < -0.4 is 16.0 Å². The fourth-order valence-electron chi connectivity index (χ4n) is 1.77. The average molecular weight is 422 g/mol. The number of nitrogens with zero attached hydrogens (tertiary/aromatic N) is 1. The van der Waals surface area contributed by atoms with Crippen molar-refractivity contribution in [2.45, 2.75) is 39.8 Å². The molecule has 0 aliphatic rings. The van der Waals surface area contributed by atoms with Gasteiger partial charge in [-0.25, -0.2) is 9.38 Å². The van der Waals surface area contributed by atoms with E-state index < -0.39 is 0 Å². The maximum atomic E-state index is 13.1. The molecule has 0 unspecified atom stereocenters. The highest BCUT2D eigenvalue weighted by atomic mass is 127. The molecule has 0 fully saturated rings. The van der Waals surface area contributed by atoms with Gasteiger partial charge in [-0.05, 0) is 45.4 Å². The van der Waals surface area contributed by atoms with E-state index in [9.17, 15) is 4.39 Å². The first kappa shape index (κ1) is 21.1.